The van der Waals surface area contributed by atoms with Crippen molar-refractivity contribution in [3.63, 3.8) is 0 Å². The molecule has 0 fully saturated rings. The maximum atomic E-state index is 13.2. The van der Waals surface area contributed by atoms with Gasteiger partial charge in [-0.1, -0.05) is 37.3 Å². The summed E-state index contributed by atoms with van der Waals surface area (Å²) in [5.74, 6) is 1.81. The van der Waals surface area contributed by atoms with Crippen LogP contribution in [0.1, 0.15) is 18.9 Å². The molecule has 2 aromatic carbocycles. The Hall–Kier alpha value is -3.81. The van der Waals surface area contributed by atoms with Crippen LogP contribution in [0.4, 0.5) is 0 Å². The first-order valence-corrected chi connectivity index (χ1v) is 10.3. The Morgan fingerprint density at radius 2 is 1.77 bits per heavy atom. The van der Waals surface area contributed by atoms with Crippen LogP contribution in [0.5, 0.6) is 11.5 Å². The molecule has 1 aliphatic heterocycles. The molecule has 0 aliphatic carbocycles. The van der Waals surface area contributed by atoms with Gasteiger partial charge in [0.25, 0.3) is 5.56 Å². The van der Waals surface area contributed by atoms with Crippen LogP contribution in [0.25, 0.3) is 22.6 Å². The lowest BCUT2D eigenvalue weighted by Crippen LogP contribution is -2.40. The summed E-state index contributed by atoms with van der Waals surface area (Å²) in [6.07, 6.45) is 0.676. The molecule has 0 amide bonds. The molecule has 158 valence electrons. The first-order chi connectivity index (χ1) is 15.2. The highest BCUT2D eigenvalue weighted by atomic mass is 16.6. The van der Waals surface area contributed by atoms with Crippen LogP contribution in [0, 0.1) is 0 Å². The van der Waals surface area contributed by atoms with Gasteiger partial charge in [0.05, 0.1) is 6.54 Å². The zero-order valence-electron chi connectivity index (χ0n) is 17.1. The number of imidazole rings is 1. The molecule has 1 N–H and O–H groups in total. The molecule has 0 bridgehead atoms. The van der Waals surface area contributed by atoms with Crippen molar-refractivity contribution in [3.05, 3.63) is 74.9 Å². The number of rotatable bonds is 5. The number of hydrogen-bond acceptors (Lipinski definition) is 5. The number of ether oxygens (including phenoxy) is 2. The van der Waals surface area contributed by atoms with Gasteiger partial charge in [-0.15, -0.1) is 0 Å². The third-order valence-electron chi connectivity index (χ3n) is 5.31. The van der Waals surface area contributed by atoms with Crippen molar-refractivity contribution in [2.75, 3.05) is 13.2 Å². The first kappa shape index (κ1) is 19.2. The van der Waals surface area contributed by atoms with Crippen molar-refractivity contribution < 1.29 is 9.47 Å². The molecule has 4 aromatic rings. The Kier molecular flexibility index (Phi) is 4.82. The third kappa shape index (κ3) is 3.39. The van der Waals surface area contributed by atoms with Crippen molar-refractivity contribution >= 4 is 11.2 Å². The maximum absolute atomic E-state index is 13.2. The second-order valence-corrected chi connectivity index (χ2v) is 7.45. The topological polar surface area (TPSA) is 91.1 Å². The van der Waals surface area contributed by atoms with Crippen LogP contribution in [0.2, 0.25) is 0 Å². The largest absolute Gasteiger partial charge is 0.486 e. The van der Waals surface area contributed by atoms with Crippen LogP contribution in [-0.4, -0.2) is 32.3 Å². The number of nitrogens with zero attached hydrogens (tertiary/aromatic N) is 3. The first-order valence-electron chi connectivity index (χ1n) is 10.3. The minimum absolute atomic E-state index is 0.314. The predicted molar refractivity (Wildman–Crippen MR) is 117 cm³/mol. The minimum atomic E-state index is -0.359. The van der Waals surface area contributed by atoms with Gasteiger partial charge in [0.1, 0.15) is 24.6 Å². The van der Waals surface area contributed by atoms with Gasteiger partial charge in [0, 0.05) is 12.1 Å². The van der Waals surface area contributed by atoms with Crippen molar-refractivity contribution in [2.45, 2.75) is 26.4 Å². The number of benzene rings is 2. The summed E-state index contributed by atoms with van der Waals surface area (Å²) < 4.78 is 14.1. The molecule has 8 heteroatoms. The van der Waals surface area contributed by atoms with Gasteiger partial charge in [-0.3, -0.25) is 13.9 Å². The number of aromatic nitrogens is 4. The molecular formula is C23H22N4O4. The van der Waals surface area contributed by atoms with Crippen molar-refractivity contribution in [3.8, 4) is 22.9 Å². The number of hydrogen-bond donors (Lipinski definition) is 1. The molecule has 5 rings (SSSR count). The number of H-pyrrole nitrogens is 1. The normalized spacial score (nSPS) is 12.9. The van der Waals surface area contributed by atoms with E-state index in [1.807, 2.05) is 55.5 Å². The van der Waals surface area contributed by atoms with Crippen LogP contribution in [0.3, 0.4) is 0 Å². The van der Waals surface area contributed by atoms with Crippen LogP contribution in [0.15, 0.2) is 58.1 Å². The molecule has 0 saturated heterocycles. The van der Waals surface area contributed by atoms with Gasteiger partial charge in [0.2, 0.25) is 0 Å². The van der Waals surface area contributed by atoms with Crippen LogP contribution >= 0.6 is 0 Å². The fourth-order valence-corrected chi connectivity index (χ4v) is 3.82. The van der Waals surface area contributed by atoms with Crippen molar-refractivity contribution in [2.24, 2.45) is 0 Å². The van der Waals surface area contributed by atoms with Crippen molar-refractivity contribution in [1.82, 2.24) is 19.1 Å². The van der Waals surface area contributed by atoms with E-state index in [-0.39, 0.29) is 11.2 Å². The average molecular weight is 418 g/mol. The Bertz CT molecular complexity index is 1370. The highest BCUT2D eigenvalue weighted by Crippen LogP contribution is 2.34. The molecule has 0 atom stereocenters. The van der Waals surface area contributed by atoms with Gasteiger partial charge in [-0.25, -0.2) is 9.78 Å². The van der Waals surface area contributed by atoms with E-state index < -0.39 is 0 Å². The van der Waals surface area contributed by atoms with Crippen LogP contribution in [-0.2, 0) is 13.1 Å². The fraction of sp³-hybridized carbons (Fsp3) is 0.261. The molecule has 2 aromatic heterocycles. The summed E-state index contributed by atoms with van der Waals surface area (Å²) >= 11 is 0. The van der Waals surface area contributed by atoms with Gasteiger partial charge >= 0.3 is 5.69 Å². The standard InChI is InChI=1S/C23H22N4O4/c1-2-10-26-22(28)19-21(27(23(26)29)14-15-6-4-3-5-7-15)25-20(24-19)16-8-9-17-18(13-16)31-12-11-30-17/h3-9,13H,2,10-12,14H2,1H3,(H,24,25). The van der Waals surface area contributed by atoms with Crippen LogP contribution < -0.4 is 20.7 Å². The van der Waals surface area contributed by atoms with Gasteiger partial charge in [0.15, 0.2) is 17.1 Å². The van der Waals surface area contributed by atoms with Gasteiger partial charge in [-0.05, 0) is 30.2 Å². The van der Waals surface area contributed by atoms with E-state index in [2.05, 4.69) is 9.97 Å². The second kappa shape index (κ2) is 7.79. The zero-order chi connectivity index (χ0) is 21.4. The number of fused-ring (bicyclic) bond motifs is 2. The Balaban J connectivity index is 1.69. The highest BCUT2D eigenvalue weighted by molar-refractivity contribution is 5.76. The molecule has 0 unspecified atom stereocenters. The van der Waals surface area contributed by atoms with E-state index in [9.17, 15) is 9.59 Å². The SMILES string of the molecule is CCCn1c(=O)c2[nH]c(-c3ccc4c(c3)OCCO4)nc2n(Cc2ccccc2)c1=O. The third-order valence-corrected chi connectivity index (χ3v) is 5.31. The summed E-state index contributed by atoms with van der Waals surface area (Å²) in [4.78, 5) is 34.0. The van der Waals surface area contributed by atoms with Gasteiger partial charge < -0.3 is 14.5 Å². The molecular weight excluding hydrogens is 396 g/mol. The second-order valence-electron chi connectivity index (χ2n) is 7.45. The lowest BCUT2D eigenvalue weighted by atomic mass is 10.2. The molecule has 3 heterocycles. The van der Waals surface area contributed by atoms with E-state index in [1.165, 1.54) is 4.57 Å². The summed E-state index contributed by atoms with van der Waals surface area (Å²) in [5.41, 5.74) is 1.65. The van der Waals surface area contributed by atoms with Crippen molar-refractivity contribution in [1.29, 1.82) is 0 Å². The fourth-order valence-electron chi connectivity index (χ4n) is 3.82. The minimum Gasteiger partial charge on any atom is -0.486 e. The molecule has 0 saturated carbocycles. The average Bonchev–Trinajstić information content (AvgIpc) is 3.25. The smallest absolute Gasteiger partial charge is 0.333 e. The summed E-state index contributed by atoms with van der Waals surface area (Å²) in [6, 6.07) is 15.2. The van der Waals surface area contributed by atoms with E-state index in [0.717, 1.165) is 11.1 Å². The van der Waals surface area contributed by atoms with Gasteiger partial charge in [-0.2, -0.15) is 0 Å². The Morgan fingerprint density at radius 1 is 1.00 bits per heavy atom. The number of nitrogens with one attached hydrogen (secondary N) is 1. The van der Waals surface area contributed by atoms with E-state index >= 15 is 0 Å². The summed E-state index contributed by atoms with van der Waals surface area (Å²) in [6.45, 7) is 3.60. The summed E-state index contributed by atoms with van der Waals surface area (Å²) in [7, 11) is 0. The molecule has 8 nitrogen and oxygen atoms in total. The molecule has 31 heavy (non-hydrogen) atoms. The van der Waals surface area contributed by atoms with E-state index in [0.29, 0.717) is 61.2 Å². The summed E-state index contributed by atoms with van der Waals surface area (Å²) in [5, 5.41) is 0. The monoisotopic (exact) mass is 418 g/mol. The van der Waals surface area contributed by atoms with E-state index in [1.54, 1.807) is 4.57 Å². The lowest BCUT2D eigenvalue weighted by molar-refractivity contribution is 0.171. The zero-order valence-corrected chi connectivity index (χ0v) is 17.1. The number of aromatic amines is 1. The Labute approximate surface area is 177 Å². The lowest BCUT2D eigenvalue weighted by Gasteiger charge is -2.18. The Morgan fingerprint density at radius 3 is 2.55 bits per heavy atom. The van der Waals surface area contributed by atoms with E-state index in [4.69, 9.17) is 9.47 Å². The molecule has 0 spiro atoms. The molecule has 0 radical (unpaired) electrons. The molecule has 1 aliphatic rings. The quantitative estimate of drug-likeness (QED) is 0.538. The predicted octanol–water partition coefficient (Wildman–Crippen LogP) is 2.78. The maximum Gasteiger partial charge on any atom is 0.333 e. The highest BCUT2D eigenvalue weighted by Gasteiger charge is 2.19.